The average molecular weight is 507 g/mol. The van der Waals surface area contributed by atoms with E-state index >= 15 is 0 Å². The lowest BCUT2D eigenvalue weighted by molar-refractivity contribution is -0.142. The van der Waals surface area contributed by atoms with Gasteiger partial charge in [-0.15, -0.1) is 0 Å². The van der Waals surface area contributed by atoms with Gasteiger partial charge >= 0.3 is 6.18 Å². The first-order chi connectivity index (χ1) is 16.6. The Morgan fingerprint density at radius 2 is 1.51 bits per heavy atom. The number of rotatable bonds is 3. The van der Waals surface area contributed by atoms with Gasteiger partial charge in [-0.3, -0.25) is 9.59 Å². The van der Waals surface area contributed by atoms with E-state index in [9.17, 15) is 27.2 Å². The van der Waals surface area contributed by atoms with Crippen LogP contribution in [0.1, 0.15) is 41.0 Å². The first kappa shape index (κ1) is 23.3. The Labute approximate surface area is 202 Å². The number of piperidine rings is 1. The maximum atomic E-state index is 13.7. The largest absolute Gasteiger partial charge is 0.435 e. The Kier molecular flexibility index (Phi) is 5.79. The van der Waals surface area contributed by atoms with E-state index in [0.29, 0.717) is 24.3 Å². The summed E-state index contributed by atoms with van der Waals surface area (Å²) in [5.41, 5.74) is -0.394. The zero-order valence-electron chi connectivity index (χ0n) is 18.3. The Morgan fingerprint density at radius 1 is 0.857 bits per heavy atom. The highest BCUT2D eigenvalue weighted by molar-refractivity contribution is 6.30. The summed E-state index contributed by atoms with van der Waals surface area (Å²) < 4.78 is 55.7. The molecule has 11 heteroatoms. The van der Waals surface area contributed by atoms with Crippen molar-refractivity contribution in [2.75, 3.05) is 22.9 Å². The Balaban J connectivity index is 1.53. The van der Waals surface area contributed by atoms with Crippen LogP contribution in [0.2, 0.25) is 5.02 Å². The van der Waals surface area contributed by atoms with Crippen LogP contribution in [0.4, 0.5) is 28.9 Å². The molecule has 1 fully saturated rings. The molecule has 2 aliphatic heterocycles. The number of carbonyl (C=O) groups is 2. The van der Waals surface area contributed by atoms with Crippen molar-refractivity contribution in [3.63, 3.8) is 0 Å². The minimum absolute atomic E-state index is 0.0206. The fourth-order valence-electron chi connectivity index (χ4n) is 4.53. The number of anilines is 2. The lowest BCUT2D eigenvalue weighted by Crippen LogP contribution is -2.39. The summed E-state index contributed by atoms with van der Waals surface area (Å²) in [6.45, 7) is 0.636. The van der Waals surface area contributed by atoms with E-state index in [0.717, 1.165) is 29.7 Å². The van der Waals surface area contributed by atoms with Gasteiger partial charge < -0.3 is 9.80 Å². The molecule has 2 aromatic carbocycles. The van der Waals surface area contributed by atoms with Crippen LogP contribution in [0.15, 0.2) is 42.5 Å². The molecule has 0 spiro atoms. The Bertz CT molecular complexity index is 1320. The van der Waals surface area contributed by atoms with Crippen molar-refractivity contribution >= 4 is 34.8 Å². The first-order valence-electron chi connectivity index (χ1n) is 11.0. The normalized spacial score (nSPS) is 16.6. The van der Waals surface area contributed by atoms with Crippen LogP contribution in [0.25, 0.3) is 5.69 Å². The molecule has 182 valence electrons. The highest BCUT2D eigenvalue weighted by Crippen LogP contribution is 2.37. The van der Waals surface area contributed by atoms with Gasteiger partial charge in [0.1, 0.15) is 11.5 Å². The standard InChI is InChI=1S/C24H19ClF4N4O2/c25-18-13-16(8-9-19(18)26)33-21-17(22(30-33)24(27,28)29)10-12-32(23(21)35)15-6-4-14(5-7-15)31-11-2-1-3-20(31)34/h4-9,13H,1-3,10-12H2. The fraction of sp³-hybridized carbons (Fsp3) is 0.292. The van der Waals surface area contributed by atoms with Crippen molar-refractivity contribution in [3.8, 4) is 5.69 Å². The molecular weight excluding hydrogens is 488 g/mol. The van der Waals surface area contributed by atoms with Crippen LogP contribution >= 0.6 is 11.6 Å². The molecule has 6 nitrogen and oxygen atoms in total. The molecule has 1 saturated heterocycles. The predicted octanol–water partition coefficient (Wildman–Crippen LogP) is 5.40. The topological polar surface area (TPSA) is 58.4 Å². The SMILES string of the molecule is O=C1CCCCN1c1ccc(N2CCc3c(C(F)(F)F)nn(-c4ccc(F)c(Cl)c4)c3C2=O)cc1. The van der Waals surface area contributed by atoms with Crippen LogP contribution in [0.3, 0.4) is 0 Å². The van der Waals surface area contributed by atoms with Crippen LogP contribution in [0.5, 0.6) is 0 Å². The van der Waals surface area contributed by atoms with Gasteiger partial charge in [-0.2, -0.15) is 18.3 Å². The van der Waals surface area contributed by atoms with E-state index in [2.05, 4.69) is 5.10 Å². The number of hydrogen-bond donors (Lipinski definition) is 0. The molecular formula is C24H19ClF4N4O2. The minimum Gasteiger partial charge on any atom is -0.312 e. The smallest absolute Gasteiger partial charge is 0.312 e. The number of amides is 2. The number of nitrogens with zero attached hydrogens (tertiary/aromatic N) is 4. The summed E-state index contributed by atoms with van der Waals surface area (Å²) in [7, 11) is 0. The third-order valence-electron chi connectivity index (χ3n) is 6.23. The molecule has 5 rings (SSSR count). The molecule has 0 radical (unpaired) electrons. The minimum atomic E-state index is -4.77. The van der Waals surface area contributed by atoms with Crippen molar-refractivity contribution in [1.29, 1.82) is 0 Å². The van der Waals surface area contributed by atoms with Crippen LogP contribution in [0, 0.1) is 5.82 Å². The lowest BCUT2D eigenvalue weighted by atomic mass is 10.0. The number of hydrogen-bond acceptors (Lipinski definition) is 3. The van der Waals surface area contributed by atoms with Gasteiger partial charge in [0.15, 0.2) is 5.69 Å². The van der Waals surface area contributed by atoms with Gasteiger partial charge in [-0.05, 0) is 61.7 Å². The third-order valence-corrected chi connectivity index (χ3v) is 6.52. The predicted molar refractivity (Wildman–Crippen MR) is 122 cm³/mol. The molecule has 0 unspecified atom stereocenters. The first-order valence-corrected chi connectivity index (χ1v) is 11.4. The van der Waals surface area contributed by atoms with E-state index in [1.807, 2.05) is 0 Å². The quantitative estimate of drug-likeness (QED) is 0.447. The summed E-state index contributed by atoms with van der Waals surface area (Å²) in [5.74, 6) is -1.38. The number of aromatic nitrogens is 2. The van der Waals surface area contributed by atoms with Crippen LogP contribution in [-0.4, -0.2) is 34.7 Å². The van der Waals surface area contributed by atoms with Crippen molar-refractivity contribution in [1.82, 2.24) is 9.78 Å². The van der Waals surface area contributed by atoms with Crippen LogP contribution < -0.4 is 9.80 Å². The van der Waals surface area contributed by atoms with Crippen LogP contribution in [-0.2, 0) is 17.4 Å². The molecule has 3 aromatic rings. The summed E-state index contributed by atoms with van der Waals surface area (Å²) in [4.78, 5) is 28.7. The molecule has 2 amide bonds. The van der Waals surface area contributed by atoms with Gasteiger partial charge in [0.05, 0.1) is 10.7 Å². The van der Waals surface area contributed by atoms with Crippen molar-refractivity contribution < 1.29 is 27.2 Å². The maximum Gasteiger partial charge on any atom is 0.435 e. The fourth-order valence-corrected chi connectivity index (χ4v) is 4.70. The van der Waals surface area contributed by atoms with Gasteiger partial charge in [0.25, 0.3) is 5.91 Å². The molecule has 2 aliphatic rings. The Hall–Kier alpha value is -3.40. The summed E-state index contributed by atoms with van der Waals surface area (Å²) in [5, 5.41) is 3.38. The summed E-state index contributed by atoms with van der Waals surface area (Å²) >= 11 is 5.83. The van der Waals surface area contributed by atoms with Gasteiger partial charge in [-0.25, -0.2) is 9.07 Å². The van der Waals surface area contributed by atoms with E-state index in [1.54, 1.807) is 29.2 Å². The molecule has 35 heavy (non-hydrogen) atoms. The second kappa shape index (κ2) is 8.67. The number of carbonyl (C=O) groups excluding carboxylic acids is 2. The van der Waals surface area contributed by atoms with E-state index in [1.165, 1.54) is 11.0 Å². The lowest BCUT2D eigenvalue weighted by Gasteiger charge is -2.30. The van der Waals surface area contributed by atoms with Crippen molar-refractivity contribution in [3.05, 3.63) is 70.3 Å². The monoisotopic (exact) mass is 506 g/mol. The highest BCUT2D eigenvalue weighted by atomic mass is 35.5. The van der Waals surface area contributed by atoms with E-state index in [-0.39, 0.29) is 40.8 Å². The maximum absolute atomic E-state index is 13.7. The van der Waals surface area contributed by atoms with E-state index < -0.39 is 23.6 Å². The van der Waals surface area contributed by atoms with Crippen molar-refractivity contribution in [2.24, 2.45) is 0 Å². The number of alkyl halides is 3. The molecule has 0 saturated carbocycles. The zero-order valence-corrected chi connectivity index (χ0v) is 19.0. The molecule has 0 N–H and O–H groups in total. The van der Waals surface area contributed by atoms with Crippen molar-refractivity contribution in [2.45, 2.75) is 31.9 Å². The van der Waals surface area contributed by atoms with Gasteiger partial charge in [0, 0.05) is 36.4 Å². The molecule has 0 bridgehead atoms. The molecule has 3 heterocycles. The second-order valence-electron chi connectivity index (χ2n) is 8.41. The van der Waals surface area contributed by atoms with E-state index in [4.69, 9.17) is 11.6 Å². The number of fused-ring (bicyclic) bond motifs is 1. The number of benzene rings is 2. The van der Waals surface area contributed by atoms with Gasteiger partial charge in [-0.1, -0.05) is 11.6 Å². The summed E-state index contributed by atoms with van der Waals surface area (Å²) in [6, 6.07) is 10.1. The average Bonchev–Trinajstić information content (AvgIpc) is 3.23. The third kappa shape index (κ3) is 4.16. The second-order valence-corrected chi connectivity index (χ2v) is 8.82. The molecule has 0 atom stereocenters. The zero-order chi connectivity index (χ0) is 24.9. The molecule has 1 aromatic heterocycles. The highest BCUT2D eigenvalue weighted by Gasteiger charge is 2.43. The Morgan fingerprint density at radius 3 is 2.14 bits per heavy atom. The summed E-state index contributed by atoms with van der Waals surface area (Å²) in [6.07, 6.45) is -2.61. The number of halogens is 5. The molecule has 0 aliphatic carbocycles. The van der Waals surface area contributed by atoms with Gasteiger partial charge in [0.2, 0.25) is 5.91 Å².